The fourth-order valence-corrected chi connectivity index (χ4v) is 5.09. The molecule has 1 saturated carbocycles. The number of H-pyrrole nitrogens is 1. The number of nitrogens with one attached hydrogen (secondary N) is 2. The average molecular weight is 510 g/mol. The molecule has 0 aliphatic heterocycles. The van der Waals surface area contributed by atoms with Gasteiger partial charge in [-0.25, -0.2) is 24.0 Å². The second-order valence-corrected chi connectivity index (χ2v) is 9.75. The number of aromatic nitrogens is 6. The van der Waals surface area contributed by atoms with E-state index in [4.69, 9.17) is 0 Å². The lowest BCUT2D eigenvalue weighted by Gasteiger charge is -2.08. The van der Waals surface area contributed by atoms with Crippen LogP contribution in [0.3, 0.4) is 0 Å². The molecule has 3 aromatic heterocycles. The minimum absolute atomic E-state index is 0.144. The first-order valence-corrected chi connectivity index (χ1v) is 13.0. The molecule has 2 N–H and O–H groups in total. The van der Waals surface area contributed by atoms with Gasteiger partial charge in [-0.1, -0.05) is 31.9 Å². The molecule has 192 valence electrons. The van der Waals surface area contributed by atoms with Crippen molar-refractivity contribution in [2.24, 2.45) is 0 Å². The number of aryl methyl sites for hydroxylation is 1. The summed E-state index contributed by atoms with van der Waals surface area (Å²) in [5.74, 6) is 0.480. The van der Waals surface area contributed by atoms with E-state index in [1.807, 2.05) is 24.4 Å². The molecule has 8 nitrogen and oxygen atoms in total. The number of halogens is 1. The molecule has 0 atom stereocenters. The van der Waals surface area contributed by atoms with Gasteiger partial charge in [-0.3, -0.25) is 4.79 Å². The zero-order valence-corrected chi connectivity index (χ0v) is 21.1. The van der Waals surface area contributed by atoms with Gasteiger partial charge in [-0.05, 0) is 66.3 Å². The van der Waals surface area contributed by atoms with E-state index in [-0.39, 0.29) is 24.0 Å². The summed E-state index contributed by atoms with van der Waals surface area (Å²) < 4.78 is 16.3. The predicted octanol–water partition coefficient (Wildman–Crippen LogP) is 5.49. The van der Waals surface area contributed by atoms with Gasteiger partial charge in [-0.15, -0.1) is 0 Å². The average Bonchev–Trinajstić information content (AvgIpc) is 3.72. The fraction of sp³-hybridized carbons (Fsp3) is 0.276. The lowest BCUT2D eigenvalue weighted by atomic mass is 10.1. The number of hydrogen-bond donors (Lipinski definition) is 2. The second-order valence-electron chi connectivity index (χ2n) is 9.75. The maximum absolute atomic E-state index is 14.6. The van der Waals surface area contributed by atoms with Gasteiger partial charge in [0.2, 0.25) is 0 Å². The third-order valence-corrected chi connectivity index (χ3v) is 7.20. The van der Waals surface area contributed by atoms with Crippen LogP contribution in [0.5, 0.6) is 0 Å². The Kier molecular flexibility index (Phi) is 6.41. The molecule has 38 heavy (non-hydrogen) atoms. The molecule has 6 rings (SSSR count). The van der Waals surface area contributed by atoms with Crippen LogP contribution in [0.4, 0.5) is 4.39 Å². The van der Waals surface area contributed by atoms with E-state index < -0.39 is 0 Å². The molecule has 9 heteroatoms. The summed E-state index contributed by atoms with van der Waals surface area (Å²) in [6, 6.07) is 12.9. The monoisotopic (exact) mass is 509 g/mol. The van der Waals surface area contributed by atoms with Gasteiger partial charge < -0.3 is 10.3 Å². The van der Waals surface area contributed by atoms with Crippen LogP contribution in [0, 0.1) is 5.82 Å². The van der Waals surface area contributed by atoms with Crippen LogP contribution >= 0.6 is 0 Å². The van der Waals surface area contributed by atoms with Gasteiger partial charge in [0, 0.05) is 24.2 Å². The van der Waals surface area contributed by atoms with Crippen molar-refractivity contribution in [2.75, 3.05) is 0 Å². The molecule has 5 aromatic rings. The van der Waals surface area contributed by atoms with E-state index in [0.717, 1.165) is 36.3 Å². The van der Waals surface area contributed by atoms with Gasteiger partial charge in [0.25, 0.3) is 5.91 Å². The zero-order chi connectivity index (χ0) is 26.1. The number of amides is 1. The number of hydrogen-bond acceptors (Lipinski definition) is 5. The number of carbonyl (C=O) groups is 1. The molecule has 1 aliphatic rings. The summed E-state index contributed by atoms with van der Waals surface area (Å²) in [6.07, 6.45) is 10.4. The Morgan fingerprint density at radius 2 is 1.89 bits per heavy atom. The van der Waals surface area contributed by atoms with Gasteiger partial charge in [-0.2, -0.15) is 5.10 Å². The number of aromatic amines is 1. The Morgan fingerprint density at radius 1 is 1.08 bits per heavy atom. The van der Waals surface area contributed by atoms with Crippen LogP contribution in [0.1, 0.15) is 66.0 Å². The van der Waals surface area contributed by atoms with Crippen molar-refractivity contribution in [3.63, 3.8) is 0 Å². The third kappa shape index (κ3) is 4.79. The van der Waals surface area contributed by atoms with E-state index in [0.29, 0.717) is 28.2 Å². The van der Waals surface area contributed by atoms with Gasteiger partial charge in [0.05, 0.1) is 11.9 Å². The molecular weight excluding hydrogens is 481 g/mol. The van der Waals surface area contributed by atoms with Crippen LogP contribution in [0.2, 0.25) is 0 Å². The van der Waals surface area contributed by atoms with Crippen molar-refractivity contribution in [1.82, 2.24) is 35.0 Å². The predicted molar refractivity (Wildman–Crippen MR) is 142 cm³/mol. The summed E-state index contributed by atoms with van der Waals surface area (Å²) in [5, 5.41) is 7.32. The Bertz CT molecular complexity index is 1600. The first-order valence-electron chi connectivity index (χ1n) is 13.0. The minimum atomic E-state index is -0.383. The molecule has 2 aromatic carbocycles. The smallest absolute Gasteiger partial charge is 0.272 e. The topological polar surface area (TPSA) is 101 Å². The van der Waals surface area contributed by atoms with Crippen molar-refractivity contribution in [1.29, 1.82) is 0 Å². The van der Waals surface area contributed by atoms with Crippen molar-refractivity contribution in [2.45, 2.75) is 51.5 Å². The van der Waals surface area contributed by atoms with Crippen molar-refractivity contribution >= 4 is 17.1 Å². The lowest BCUT2D eigenvalue weighted by molar-refractivity contribution is 0.0947. The lowest BCUT2D eigenvalue weighted by Crippen LogP contribution is -2.24. The van der Waals surface area contributed by atoms with Crippen molar-refractivity contribution in [3.8, 4) is 16.8 Å². The van der Waals surface area contributed by atoms with E-state index in [1.54, 1.807) is 10.9 Å². The largest absolute Gasteiger partial charge is 0.347 e. The highest BCUT2D eigenvalue weighted by Gasteiger charge is 2.23. The van der Waals surface area contributed by atoms with E-state index in [2.05, 4.69) is 49.4 Å². The summed E-state index contributed by atoms with van der Waals surface area (Å²) >= 11 is 0. The first-order chi connectivity index (χ1) is 18.6. The minimum Gasteiger partial charge on any atom is -0.347 e. The fourth-order valence-electron chi connectivity index (χ4n) is 5.09. The third-order valence-electron chi connectivity index (χ3n) is 7.20. The zero-order valence-electron chi connectivity index (χ0n) is 21.1. The van der Waals surface area contributed by atoms with E-state index in [9.17, 15) is 9.18 Å². The number of fused-ring (bicyclic) bond motifs is 1. The quantitative estimate of drug-likeness (QED) is 0.302. The van der Waals surface area contributed by atoms with Gasteiger partial charge >= 0.3 is 0 Å². The second kappa shape index (κ2) is 10.2. The highest BCUT2D eigenvalue weighted by molar-refractivity contribution is 6.02. The first kappa shape index (κ1) is 24.0. The summed E-state index contributed by atoms with van der Waals surface area (Å²) in [4.78, 5) is 29.4. The number of rotatable bonds is 7. The van der Waals surface area contributed by atoms with E-state index >= 15 is 0 Å². The number of nitrogens with zero attached hydrogens (tertiary/aromatic N) is 5. The molecule has 0 radical (unpaired) electrons. The van der Waals surface area contributed by atoms with Crippen LogP contribution < -0.4 is 5.32 Å². The molecule has 0 spiro atoms. The molecule has 1 aliphatic carbocycles. The molecule has 0 unspecified atom stereocenters. The van der Waals surface area contributed by atoms with Crippen molar-refractivity contribution < 1.29 is 9.18 Å². The molecule has 0 bridgehead atoms. The summed E-state index contributed by atoms with van der Waals surface area (Å²) in [7, 11) is 0. The summed E-state index contributed by atoms with van der Waals surface area (Å²) in [6.45, 7) is 2.26. The van der Waals surface area contributed by atoms with Gasteiger partial charge in [0.1, 0.15) is 23.5 Å². The molecule has 0 saturated heterocycles. The van der Waals surface area contributed by atoms with Crippen LogP contribution in [-0.2, 0) is 13.0 Å². The van der Waals surface area contributed by atoms with Crippen molar-refractivity contribution in [3.05, 3.63) is 89.6 Å². The summed E-state index contributed by atoms with van der Waals surface area (Å²) in [5.41, 5.74) is 5.54. The highest BCUT2D eigenvalue weighted by atomic mass is 19.1. The normalized spacial score (nSPS) is 13.8. The molecule has 1 fully saturated rings. The Hall–Kier alpha value is -4.40. The van der Waals surface area contributed by atoms with Crippen LogP contribution in [-0.4, -0.2) is 35.6 Å². The maximum atomic E-state index is 14.6. The molecular formula is C29H28FN7O. The SMILES string of the molecule is CCc1ccc(-n2cc(-c3cc(F)cc(CNC(=O)c4ncnc5nc(C6CCCC6)[nH]c45)c3)cn2)cc1. The molecule has 1 amide bonds. The Labute approximate surface area is 219 Å². The Balaban J connectivity index is 1.19. The maximum Gasteiger partial charge on any atom is 0.272 e. The highest BCUT2D eigenvalue weighted by Crippen LogP contribution is 2.33. The number of imidazole rings is 1. The number of carbonyl (C=O) groups excluding carboxylic acids is 1. The van der Waals surface area contributed by atoms with Crippen LogP contribution in [0.15, 0.2) is 61.2 Å². The molecule has 3 heterocycles. The van der Waals surface area contributed by atoms with Gasteiger partial charge in [0.15, 0.2) is 11.3 Å². The Morgan fingerprint density at radius 3 is 2.68 bits per heavy atom. The standard InChI is InChI=1S/C29H28FN7O/c1-2-18-7-9-24(10-8-18)37-16-22(15-34-37)21-11-19(12-23(30)13-21)14-31-29(38)26-25-28(33-17-32-26)36-27(35-25)20-5-3-4-6-20/h7-13,15-17,20H,2-6,14H2,1H3,(H,31,38)(H,32,33,35,36). The van der Waals surface area contributed by atoms with Crippen LogP contribution in [0.25, 0.3) is 28.0 Å². The number of benzene rings is 2. The van der Waals surface area contributed by atoms with E-state index in [1.165, 1.54) is 36.9 Å².